The van der Waals surface area contributed by atoms with Gasteiger partial charge in [-0.2, -0.15) is 0 Å². The quantitative estimate of drug-likeness (QED) is 0.346. The second-order valence-electron chi connectivity index (χ2n) is 5.85. The molecule has 0 spiro atoms. The second-order valence-corrected chi connectivity index (χ2v) is 7.49. The van der Waals surface area contributed by atoms with Gasteiger partial charge in [-0.25, -0.2) is 0 Å². The highest BCUT2D eigenvalue weighted by Gasteiger charge is 2.13. The lowest BCUT2D eigenvalue weighted by atomic mass is 10.2. The SMILES string of the molecule is C[C@@H](Cl)C(=O)Nc1ccc(C(=O)Nc2nnc(-c3ccc([N+](=O)[O-])cc3)s2)cc1. The van der Waals surface area contributed by atoms with Crippen molar-refractivity contribution in [2.24, 2.45) is 0 Å². The monoisotopic (exact) mass is 431 g/mol. The van der Waals surface area contributed by atoms with Crippen molar-refractivity contribution in [3.63, 3.8) is 0 Å². The smallest absolute Gasteiger partial charge is 0.269 e. The highest BCUT2D eigenvalue weighted by atomic mass is 35.5. The number of nitrogens with one attached hydrogen (secondary N) is 2. The van der Waals surface area contributed by atoms with Crippen LogP contribution >= 0.6 is 22.9 Å². The lowest BCUT2D eigenvalue weighted by Gasteiger charge is -2.07. The van der Waals surface area contributed by atoms with E-state index >= 15 is 0 Å². The minimum absolute atomic E-state index is 0.0214. The number of hydrogen-bond donors (Lipinski definition) is 2. The maximum Gasteiger partial charge on any atom is 0.269 e. The summed E-state index contributed by atoms with van der Waals surface area (Å²) in [5, 5.41) is 24.0. The highest BCUT2D eigenvalue weighted by molar-refractivity contribution is 7.18. The molecule has 1 aromatic heterocycles. The van der Waals surface area contributed by atoms with Crippen molar-refractivity contribution in [1.29, 1.82) is 0 Å². The third-order valence-corrected chi connectivity index (χ3v) is 4.83. The number of nitrogens with zero attached hydrogens (tertiary/aromatic N) is 3. The first-order valence-electron chi connectivity index (χ1n) is 8.28. The van der Waals surface area contributed by atoms with E-state index in [-0.39, 0.29) is 22.6 Å². The van der Waals surface area contributed by atoms with E-state index in [4.69, 9.17) is 11.6 Å². The van der Waals surface area contributed by atoms with E-state index in [1.165, 1.54) is 12.1 Å². The average Bonchev–Trinajstić information content (AvgIpc) is 3.17. The molecule has 11 heteroatoms. The molecule has 1 heterocycles. The molecule has 0 bridgehead atoms. The van der Waals surface area contributed by atoms with Gasteiger partial charge in [-0.3, -0.25) is 25.0 Å². The summed E-state index contributed by atoms with van der Waals surface area (Å²) in [7, 11) is 0. The number of carbonyl (C=O) groups is 2. The number of aromatic nitrogens is 2. The standard InChI is InChI=1S/C18H14ClN5O4S/c1-10(19)15(25)20-13-6-2-11(3-7-13)16(26)21-18-23-22-17(29-18)12-4-8-14(9-5-12)24(27)28/h2-10H,1H3,(H,20,25)(H,21,23,26)/t10-/m1/s1. The fraction of sp³-hybridized carbons (Fsp3) is 0.111. The summed E-state index contributed by atoms with van der Waals surface area (Å²) < 4.78 is 0. The molecule has 1 atom stereocenters. The number of nitro benzene ring substituents is 1. The van der Waals surface area contributed by atoms with Crippen molar-refractivity contribution in [2.75, 3.05) is 10.6 Å². The fourth-order valence-corrected chi connectivity index (χ4v) is 3.03. The van der Waals surface area contributed by atoms with Gasteiger partial charge in [0.2, 0.25) is 11.0 Å². The van der Waals surface area contributed by atoms with Gasteiger partial charge >= 0.3 is 0 Å². The first-order valence-corrected chi connectivity index (χ1v) is 9.53. The number of alkyl halides is 1. The number of non-ortho nitro benzene ring substituents is 1. The van der Waals surface area contributed by atoms with E-state index in [0.29, 0.717) is 21.8 Å². The number of amides is 2. The molecule has 3 rings (SSSR count). The molecule has 9 nitrogen and oxygen atoms in total. The van der Waals surface area contributed by atoms with E-state index in [9.17, 15) is 19.7 Å². The predicted molar refractivity (Wildman–Crippen MR) is 110 cm³/mol. The van der Waals surface area contributed by atoms with Crippen LogP contribution in [-0.4, -0.2) is 32.3 Å². The van der Waals surface area contributed by atoms with Gasteiger partial charge in [0.1, 0.15) is 10.4 Å². The molecule has 0 aliphatic heterocycles. The minimum atomic E-state index is -0.666. The third-order valence-electron chi connectivity index (χ3n) is 3.75. The van der Waals surface area contributed by atoms with Crippen LogP contribution in [0.15, 0.2) is 48.5 Å². The van der Waals surface area contributed by atoms with Crippen LogP contribution in [0.5, 0.6) is 0 Å². The Labute approximate surface area is 173 Å². The average molecular weight is 432 g/mol. The largest absolute Gasteiger partial charge is 0.325 e. The van der Waals surface area contributed by atoms with E-state index in [1.54, 1.807) is 43.3 Å². The summed E-state index contributed by atoms with van der Waals surface area (Å²) in [5.41, 5.74) is 1.53. The molecule has 29 heavy (non-hydrogen) atoms. The number of rotatable bonds is 6. The van der Waals surface area contributed by atoms with Gasteiger partial charge in [0.15, 0.2) is 0 Å². The zero-order valence-corrected chi connectivity index (χ0v) is 16.5. The number of anilines is 2. The molecular formula is C18H14ClN5O4S. The van der Waals surface area contributed by atoms with Crippen LogP contribution in [0.3, 0.4) is 0 Å². The molecule has 2 aromatic carbocycles. The van der Waals surface area contributed by atoms with Gasteiger partial charge in [-0.15, -0.1) is 21.8 Å². The Morgan fingerprint density at radius 3 is 2.31 bits per heavy atom. The molecule has 0 saturated heterocycles. The molecule has 148 valence electrons. The molecular weight excluding hydrogens is 418 g/mol. The Bertz CT molecular complexity index is 1050. The summed E-state index contributed by atoms with van der Waals surface area (Å²) in [6.07, 6.45) is 0. The molecule has 2 amide bonds. The lowest BCUT2D eigenvalue weighted by Crippen LogP contribution is -2.20. The van der Waals surface area contributed by atoms with Crippen molar-refractivity contribution in [3.8, 4) is 10.6 Å². The van der Waals surface area contributed by atoms with Crippen LogP contribution in [0.2, 0.25) is 0 Å². The van der Waals surface area contributed by atoms with Crippen LogP contribution in [0.25, 0.3) is 10.6 Å². The Morgan fingerprint density at radius 1 is 1.07 bits per heavy atom. The summed E-state index contributed by atoms with van der Waals surface area (Å²) >= 11 is 6.84. The minimum Gasteiger partial charge on any atom is -0.325 e. The molecule has 0 fully saturated rings. The first kappa shape index (κ1) is 20.4. The van der Waals surface area contributed by atoms with Crippen molar-refractivity contribution in [2.45, 2.75) is 12.3 Å². The van der Waals surface area contributed by atoms with Crippen LogP contribution in [-0.2, 0) is 4.79 Å². The van der Waals surface area contributed by atoms with Gasteiger partial charge in [-0.05, 0) is 43.3 Å². The summed E-state index contributed by atoms with van der Waals surface area (Å²) in [6, 6.07) is 12.2. The number of hydrogen-bond acceptors (Lipinski definition) is 7. The van der Waals surface area contributed by atoms with Crippen LogP contribution in [0, 0.1) is 10.1 Å². The maximum absolute atomic E-state index is 12.4. The van der Waals surface area contributed by atoms with Crippen molar-refractivity contribution in [1.82, 2.24) is 10.2 Å². The molecule has 3 aromatic rings. The van der Waals surface area contributed by atoms with E-state index in [1.807, 2.05) is 0 Å². The number of benzene rings is 2. The maximum atomic E-state index is 12.4. The zero-order chi connectivity index (χ0) is 21.0. The third kappa shape index (κ3) is 5.12. The Balaban J connectivity index is 1.65. The topological polar surface area (TPSA) is 127 Å². The lowest BCUT2D eigenvalue weighted by molar-refractivity contribution is -0.384. The zero-order valence-electron chi connectivity index (χ0n) is 15.0. The van der Waals surface area contributed by atoms with Gasteiger partial charge in [0.25, 0.3) is 11.6 Å². The normalized spacial score (nSPS) is 11.5. The summed E-state index contributed by atoms with van der Waals surface area (Å²) in [5.74, 6) is -0.725. The first-order chi connectivity index (χ1) is 13.8. The van der Waals surface area contributed by atoms with Gasteiger partial charge in [-0.1, -0.05) is 11.3 Å². The van der Waals surface area contributed by atoms with Gasteiger partial charge in [0, 0.05) is 28.9 Å². The Hall–Kier alpha value is -3.37. The molecule has 0 aliphatic rings. The van der Waals surface area contributed by atoms with Gasteiger partial charge < -0.3 is 5.32 Å². The Morgan fingerprint density at radius 2 is 1.72 bits per heavy atom. The summed E-state index contributed by atoms with van der Waals surface area (Å²) in [6.45, 7) is 1.56. The van der Waals surface area contributed by atoms with E-state index in [2.05, 4.69) is 20.8 Å². The molecule has 2 N–H and O–H groups in total. The fourth-order valence-electron chi connectivity index (χ4n) is 2.23. The van der Waals surface area contributed by atoms with Gasteiger partial charge in [0.05, 0.1) is 4.92 Å². The van der Waals surface area contributed by atoms with E-state index < -0.39 is 10.3 Å². The van der Waals surface area contributed by atoms with Crippen LogP contribution in [0.1, 0.15) is 17.3 Å². The number of halogens is 1. The van der Waals surface area contributed by atoms with Crippen molar-refractivity contribution >= 4 is 51.3 Å². The Kier molecular flexibility index (Phi) is 6.15. The molecule has 0 unspecified atom stereocenters. The van der Waals surface area contributed by atoms with Crippen LogP contribution in [0.4, 0.5) is 16.5 Å². The highest BCUT2D eigenvalue weighted by Crippen LogP contribution is 2.28. The van der Waals surface area contributed by atoms with E-state index in [0.717, 1.165) is 11.3 Å². The number of carbonyl (C=O) groups excluding carboxylic acids is 2. The van der Waals surface area contributed by atoms with Crippen molar-refractivity contribution < 1.29 is 14.5 Å². The summed E-state index contributed by atoms with van der Waals surface area (Å²) in [4.78, 5) is 34.2. The number of nitro groups is 1. The van der Waals surface area contributed by atoms with Crippen LogP contribution < -0.4 is 10.6 Å². The molecule has 0 aliphatic carbocycles. The predicted octanol–water partition coefficient (Wildman–Crippen LogP) is 3.93. The second kappa shape index (κ2) is 8.76. The molecule has 0 radical (unpaired) electrons. The molecule has 0 saturated carbocycles. The van der Waals surface area contributed by atoms with Crippen molar-refractivity contribution in [3.05, 3.63) is 64.2 Å².